The van der Waals surface area contributed by atoms with Gasteiger partial charge in [-0.3, -0.25) is 9.59 Å². The smallest absolute Gasteiger partial charge is 0.237 e. The van der Waals surface area contributed by atoms with Crippen LogP contribution in [0.3, 0.4) is 0 Å². The number of carbonyl (C=O) groups is 2. The Kier molecular flexibility index (Phi) is 4.95. The van der Waals surface area contributed by atoms with E-state index in [1.54, 1.807) is 4.90 Å². The first-order chi connectivity index (χ1) is 11.1. The Hall–Kier alpha value is -1.49. The lowest BCUT2D eigenvalue weighted by Gasteiger charge is -2.22. The number of aliphatic hydroxyl groups excluding tert-OH is 1. The van der Waals surface area contributed by atoms with Crippen LogP contribution in [0, 0.1) is 23.2 Å². The number of aliphatic hydroxyl groups is 1. The standard InChI is InChI=1S/C16H24N4O3/c17-6-12-2-1-3-20(12)15(23)8-18-11-4-10-7-19-16(13(10)5-11)14(22)9-21/h10-13,16,18-19,21H,1-5,7-9H2/t10-,11+,12?,13+,16+/m1/s1. The Labute approximate surface area is 136 Å². The van der Waals surface area contributed by atoms with Crippen molar-refractivity contribution in [3.63, 3.8) is 0 Å². The number of carbonyl (C=O) groups excluding carboxylic acids is 2. The number of amides is 1. The van der Waals surface area contributed by atoms with Gasteiger partial charge < -0.3 is 20.6 Å². The molecule has 0 aromatic rings. The van der Waals surface area contributed by atoms with Gasteiger partial charge in [-0.2, -0.15) is 5.26 Å². The van der Waals surface area contributed by atoms with Gasteiger partial charge in [0, 0.05) is 12.6 Å². The summed E-state index contributed by atoms with van der Waals surface area (Å²) in [5.74, 6) is 0.540. The Morgan fingerprint density at radius 1 is 1.39 bits per heavy atom. The normalized spacial score (nSPS) is 36.0. The maximum atomic E-state index is 12.2. The molecule has 23 heavy (non-hydrogen) atoms. The first-order valence-corrected chi connectivity index (χ1v) is 8.43. The lowest BCUT2D eigenvalue weighted by Crippen LogP contribution is -2.44. The van der Waals surface area contributed by atoms with E-state index in [-0.39, 0.29) is 42.3 Å². The van der Waals surface area contributed by atoms with Crippen LogP contribution in [0.5, 0.6) is 0 Å². The summed E-state index contributed by atoms with van der Waals surface area (Å²) in [7, 11) is 0. The molecule has 2 saturated heterocycles. The highest BCUT2D eigenvalue weighted by molar-refractivity contribution is 5.85. The summed E-state index contributed by atoms with van der Waals surface area (Å²) in [6, 6.07) is 1.90. The van der Waals surface area contributed by atoms with E-state index in [0.29, 0.717) is 12.5 Å². The van der Waals surface area contributed by atoms with Crippen molar-refractivity contribution in [1.82, 2.24) is 15.5 Å². The SMILES string of the molecule is N#CC1CCCN1C(=O)CN[C@H]1C[C@@H]2CN[C@H](C(=O)CO)[C@H]2C1. The molecule has 0 bridgehead atoms. The van der Waals surface area contributed by atoms with Gasteiger partial charge in [-0.05, 0) is 44.1 Å². The topological polar surface area (TPSA) is 105 Å². The van der Waals surface area contributed by atoms with Crippen molar-refractivity contribution in [2.75, 3.05) is 26.2 Å². The van der Waals surface area contributed by atoms with Crippen LogP contribution in [-0.4, -0.2) is 66.1 Å². The van der Waals surface area contributed by atoms with Crippen LogP contribution < -0.4 is 10.6 Å². The van der Waals surface area contributed by atoms with E-state index in [9.17, 15) is 9.59 Å². The van der Waals surface area contributed by atoms with Gasteiger partial charge in [-0.15, -0.1) is 0 Å². The molecule has 3 fully saturated rings. The largest absolute Gasteiger partial charge is 0.389 e. The lowest BCUT2D eigenvalue weighted by atomic mass is 9.92. The third-order valence-corrected chi connectivity index (χ3v) is 5.54. The van der Waals surface area contributed by atoms with Gasteiger partial charge in [0.2, 0.25) is 5.91 Å². The summed E-state index contributed by atoms with van der Waals surface area (Å²) >= 11 is 0. The van der Waals surface area contributed by atoms with Crippen molar-refractivity contribution < 1.29 is 14.7 Å². The molecule has 3 N–H and O–H groups in total. The summed E-state index contributed by atoms with van der Waals surface area (Å²) in [5.41, 5.74) is 0. The van der Waals surface area contributed by atoms with Crippen LogP contribution in [0.25, 0.3) is 0 Å². The Bertz CT molecular complexity index is 518. The van der Waals surface area contributed by atoms with E-state index >= 15 is 0 Å². The molecule has 1 unspecified atom stereocenters. The second-order valence-electron chi connectivity index (χ2n) is 6.86. The van der Waals surface area contributed by atoms with Crippen molar-refractivity contribution in [3.8, 4) is 6.07 Å². The summed E-state index contributed by atoms with van der Waals surface area (Å²) in [6.07, 6.45) is 3.46. The lowest BCUT2D eigenvalue weighted by molar-refractivity contribution is -0.130. The fraction of sp³-hybridized carbons (Fsp3) is 0.812. The number of hydrogen-bond donors (Lipinski definition) is 3. The van der Waals surface area contributed by atoms with E-state index in [0.717, 1.165) is 32.2 Å². The van der Waals surface area contributed by atoms with Crippen LogP contribution in [0.2, 0.25) is 0 Å². The van der Waals surface area contributed by atoms with Gasteiger partial charge >= 0.3 is 0 Å². The molecule has 2 aliphatic heterocycles. The second kappa shape index (κ2) is 6.95. The van der Waals surface area contributed by atoms with Crippen LogP contribution in [0.1, 0.15) is 25.7 Å². The Morgan fingerprint density at radius 3 is 2.96 bits per heavy atom. The van der Waals surface area contributed by atoms with Crippen molar-refractivity contribution in [3.05, 3.63) is 0 Å². The van der Waals surface area contributed by atoms with Crippen molar-refractivity contribution in [2.24, 2.45) is 11.8 Å². The predicted octanol–water partition coefficient (Wildman–Crippen LogP) is -0.981. The number of ketones is 1. The number of fused-ring (bicyclic) bond motifs is 1. The molecule has 0 aromatic heterocycles. The van der Waals surface area contributed by atoms with E-state index in [2.05, 4.69) is 16.7 Å². The summed E-state index contributed by atoms with van der Waals surface area (Å²) in [6.45, 7) is 1.32. The van der Waals surface area contributed by atoms with Crippen LogP contribution in [-0.2, 0) is 9.59 Å². The number of hydrogen-bond acceptors (Lipinski definition) is 6. The molecule has 3 aliphatic rings. The van der Waals surface area contributed by atoms with Gasteiger partial charge in [0.05, 0.1) is 18.7 Å². The number of likely N-dealkylation sites (tertiary alicyclic amines) is 1. The zero-order valence-electron chi connectivity index (χ0n) is 13.2. The van der Waals surface area contributed by atoms with Gasteiger partial charge in [0.25, 0.3) is 0 Å². The minimum absolute atomic E-state index is 0.00720. The zero-order chi connectivity index (χ0) is 16.4. The Morgan fingerprint density at radius 2 is 2.22 bits per heavy atom. The summed E-state index contributed by atoms with van der Waals surface area (Å²) < 4.78 is 0. The van der Waals surface area contributed by atoms with E-state index in [1.807, 2.05) is 0 Å². The van der Waals surface area contributed by atoms with Gasteiger partial charge in [-0.25, -0.2) is 0 Å². The van der Waals surface area contributed by atoms with E-state index in [4.69, 9.17) is 10.4 Å². The highest BCUT2D eigenvalue weighted by Crippen LogP contribution is 2.38. The molecule has 5 atom stereocenters. The molecule has 1 aliphatic carbocycles. The van der Waals surface area contributed by atoms with Crippen LogP contribution in [0.15, 0.2) is 0 Å². The monoisotopic (exact) mass is 320 g/mol. The fourth-order valence-corrected chi connectivity index (χ4v) is 4.38. The molecule has 7 nitrogen and oxygen atoms in total. The molecule has 0 spiro atoms. The summed E-state index contributed by atoms with van der Waals surface area (Å²) in [4.78, 5) is 25.7. The van der Waals surface area contributed by atoms with Crippen molar-refractivity contribution >= 4 is 11.7 Å². The zero-order valence-corrected chi connectivity index (χ0v) is 13.2. The summed E-state index contributed by atoms with van der Waals surface area (Å²) in [5, 5.41) is 24.6. The van der Waals surface area contributed by atoms with Gasteiger partial charge in [0.15, 0.2) is 5.78 Å². The average molecular weight is 320 g/mol. The van der Waals surface area contributed by atoms with Crippen molar-refractivity contribution in [2.45, 2.75) is 43.8 Å². The second-order valence-corrected chi connectivity index (χ2v) is 6.86. The average Bonchev–Trinajstić information content (AvgIpc) is 3.26. The molecular weight excluding hydrogens is 296 g/mol. The molecule has 126 valence electrons. The minimum Gasteiger partial charge on any atom is -0.389 e. The molecule has 7 heteroatoms. The van der Waals surface area contributed by atoms with E-state index in [1.165, 1.54) is 0 Å². The number of rotatable bonds is 5. The first kappa shape index (κ1) is 16.4. The van der Waals surface area contributed by atoms with Gasteiger partial charge in [0.1, 0.15) is 12.6 Å². The third kappa shape index (κ3) is 3.25. The van der Waals surface area contributed by atoms with Crippen LogP contribution in [0.4, 0.5) is 0 Å². The molecule has 1 saturated carbocycles. The molecule has 3 rings (SSSR count). The predicted molar refractivity (Wildman–Crippen MR) is 82.2 cm³/mol. The molecule has 1 amide bonds. The molecular formula is C16H24N4O3. The fourth-order valence-electron chi connectivity index (χ4n) is 4.38. The molecule has 0 aromatic carbocycles. The van der Waals surface area contributed by atoms with Gasteiger partial charge in [-0.1, -0.05) is 0 Å². The Balaban J connectivity index is 1.48. The minimum atomic E-state index is -0.415. The maximum Gasteiger partial charge on any atom is 0.237 e. The number of nitrogens with zero attached hydrogens (tertiary/aromatic N) is 2. The van der Waals surface area contributed by atoms with E-state index < -0.39 is 6.61 Å². The first-order valence-electron chi connectivity index (χ1n) is 8.43. The quantitative estimate of drug-likeness (QED) is 0.601. The number of nitrogens with one attached hydrogen (secondary N) is 2. The third-order valence-electron chi connectivity index (χ3n) is 5.54. The van der Waals surface area contributed by atoms with Crippen LogP contribution >= 0.6 is 0 Å². The molecule has 0 radical (unpaired) electrons. The highest BCUT2D eigenvalue weighted by atomic mass is 16.3. The highest BCUT2D eigenvalue weighted by Gasteiger charge is 2.45. The number of Topliss-reactive ketones (excluding diaryl/α,β-unsaturated/α-hetero) is 1. The maximum absolute atomic E-state index is 12.2. The molecule has 2 heterocycles. The number of nitriles is 1. The van der Waals surface area contributed by atoms with Crippen molar-refractivity contribution in [1.29, 1.82) is 5.26 Å².